The standard InChI is InChI=1S/C15H21ClN2O.ClH/c16-14-7-4-3-6-13(14)12-17-9-11-18-10-5-1-2-8-15(18)19;/h3-4,6-7,17H,1-2,5,8-12H2;1H. The summed E-state index contributed by atoms with van der Waals surface area (Å²) in [7, 11) is 0. The zero-order valence-corrected chi connectivity index (χ0v) is 13.2. The Kier molecular flexibility index (Phi) is 7.97. The summed E-state index contributed by atoms with van der Waals surface area (Å²) >= 11 is 6.09. The molecule has 1 saturated heterocycles. The van der Waals surface area contributed by atoms with Crippen LogP contribution in [-0.2, 0) is 11.3 Å². The molecule has 1 amide bonds. The number of hydrogen-bond donors (Lipinski definition) is 1. The number of benzene rings is 1. The van der Waals surface area contributed by atoms with Gasteiger partial charge >= 0.3 is 0 Å². The lowest BCUT2D eigenvalue weighted by Crippen LogP contribution is -2.36. The average molecular weight is 317 g/mol. The van der Waals surface area contributed by atoms with Crippen LogP contribution in [0.15, 0.2) is 24.3 Å². The Morgan fingerprint density at radius 1 is 1.20 bits per heavy atom. The third kappa shape index (κ3) is 5.31. The van der Waals surface area contributed by atoms with Crippen molar-refractivity contribution in [3.8, 4) is 0 Å². The Hall–Kier alpha value is -0.770. The first-order valence-electron chi connectivity index (χ1n) is 6.99. The number of amides is 1. The van der Waals surface area contributed by atoms with Gasteiger partial charge in [0.25, 0.3) is 0 Å². The van der Waals surface area contributed by atoms with Crippen molar-refractivity contribution < 1.29 is 4.79 Å². The number of nitrogens with one attached hydrogen (secondary N) is 1. The van der Waals surface area contributed by atoms with Gasteiger partial charge in [-0.1, -0.05) is 36.2 Å². The van der Waals surface area contributed by atoms with E-state index in [1.807, 2.05) is 29.2 Å². The van der Waals surface area contributed by atoms with Gasteiger partial charge in [0.2, 0.25) is 5.91 Å². The summed E-state index contributed by atoms with van der Waals surface area (Å²) in [5.74, 6) is 0.303. The SMILES string of the molecule is Cl.O=C1CCCCCN1CCNCc1ccccc1Cl. The lowest BCUT2D eigenvalue weighted by Gasteiger charge is -2.20. The van der Waals surface area contributed by atoms with E-state index in [0.717, 1.165) is 49.6 Å². The highest BCUT2D eigenvalue weighted by atomic mass is 35.5. The van der Waals surface area contributed by atoms with Crippen LogP contribution in [0.5, 0.6) is 0 Å². The van der Waals surface area contributed by atoms with E-state index in [2.05, 4.69) is 5.32 Å². The van der Waals surface area contributed by atoms with Crippen molar-refractivity contribution in [2.75, 3.05) is 19.6 Å². The molecule has 1 heterocycles. The van der Waals surface area contributed by atoms with Crippen LogP contribution in [0, 0.1) is 0 Å². The van der Waals surface area contributed by atoms with Crippen LogP contribution in [0.1, 0.15) is 31.2 Å². The predicted octanol–water partition coefficient (Wildman–Crippen LogP) is 3.25. The molecule has 1 aromatic rings. The van der Waals surface area contributed by atoms with Gasteiger partial charge in [-0.05, 0) is 24.5 Å². The monoisotopic (exact) mass is 316 g/mol. The van der Waals surface area contributed by atoms with Crippen LogP contribution in [0.25, 0.3) is 0 Å². The molecule has 0 atom stereocenters. The number of halogens is 2. The molecule has 0 bridgehead atoms. The molecule has 1 aliphatic rings. The average Bonchev–Trinajstić information content (AvgIpc) is 2.62. The molecule has 1 aliphatic heterocycles. The number of carbonyl (C=O) groups excluding carboxylic acids is 1. The van der Waals surface area contributed by atoms with E-state index in [0.29, 0.717) is 12.3 Å². The van der Waals surface area contributed by atoms with Gasteiger partial charge in [-0.3, -0.25) is 4.79 Å². The van der Waals surface area contributed by atoms with Crippen LogP contribution in [0.3, 0.4) is 0 Å². The third-order valence-corrected chi connectivity index (χ3v) is 3.87. The fourth-order valence-corrected chi connectivity index (χ4v) is 2.56. The molecule has 0 radical (unpaired) electrons. The molecule has 0 aliphatic carbocycles. The number of likely N-dealkylation sites (tertiary alicyclic amines) is 1. The molecule has 20 heavy (non-hydrogen) atoms. The maximum absolute atomic E-state index is 11.8. The van der Waals surface area contributed by atoms with Gasteiger partial charge in [0.05, 0.1) is 0 Å². The minimum atomic E-state index is 0. The summed E-state index contributed by atoms with van der Waals surface area (Å²) in [6.45, 7) is 3.27. The van der Waals surface area contributed by atoms with Gasteiger partial charge in [0.15, 0.2) is 0 Å². The minimum Gasteiger partial charge on any atom is -0.341 e. The molecule has 5 heteroatoms. The van der Waals surface area contributed by atoms with Gasteiger partial charge in [0.1, 0.15) is 0 Å². The fraction of sp³-hybridized carbons (Fsp3) is 0.533. The largest absolute Gasteiger partial charge is 0.341 e. The van der Waals surface area contributed by atoms with E-state index in [1.54, 1.807) is 0 Å². The zero-order chi connectivity index (χ0) is 13.5. The summed E-state index contributed by atoms with van der Waals surface area (Å²) in [4.78, 5) is 13.8. The first-order chi connectivity index (χ1) is 9.27. The van der Waals surface area contributed by atoms with Crippen LogP contribution >= 0.6 is 24.0 Å². The second-order valence-electron chi connectivity index (χ2n) is 4.96. The van der Waals surface area contributed by atoms with Crippen LogP contribution < -0.4 is 5.32 Å². The Bertz CT molecular complexity index is 426. The quantitative estimate of drug-likeness (QED) is 0.846. The van der Waals surface area contributed by atoms with Gasteiger partial charge in [-0.2, -0.15) is 0 Å². The predicted molar refractivity (Wildman–Crippen MR) is 85.5 cm³/mol. The Morgan fingerprint density at radius 2 is 2.00 bits per heavy atom. The molecule has 2 rings (SSSR count). The smallest absolute Gasteiger partial charge is 0.222 e. The molecule has 0 aromatic heterocycles. The van der Waals surface area contributed by atoms with Crippen molar-refractivity contribution in [3.05, 3.63) is 34.9 Å². The summed E-state index contributed by atoms with van der Waals surface area (Å²) in [6, 6.07) is 7.84. The maximum Gasteiger partial charge on any atom is 0.222 e. The molecular formula is C15H22Cl2N2O. The fourth-order valence-electron chi connectivity index (χ4n) is 2.35. The first-order valence-corrected chi connectivity index (χ1v) is 7.37. The number of rotatable bonds is 5. The van der Waals surface area contributed by atoms with Gasteiger partial charge in [-0.15, -0.1) is 12.4 Å². The number of carbonyl (C=O) groups is 1. The molecule has 1 N–H and O–H groups in total. The van der Waals surface area contributed by atoms with Crippen molar-refractivity contribution in [2.45, 2.75) is 32.2 Å². The summed E-state index contributed by atoms with van der Waals surface area (Å²) in [5, 5.41) is 4.14. The first kappa shape index (κ1) is 17.3. The van der Waals surface area contributed by atoms with Crippen LogP contribution in [0.4, 0.5) is 0 Å². The molecule has 3 nitrogen and oxygen atoms in total. The van der Waals surface area contributed by atoms with Gasteiger partial charge in [0, 0.05) is 37.6 Å². The molecule has 0 unspecified atom stereocenters. The van der Waals surface area contributed by atoms with E-state index in [-0.39, 0.29) is 12.4 Å². The second-order valence-corrected chi connectivity index (χ2v) is 5.37. The highest BCUT2D eigenvalue weighted by molar-refractivity contribution is 6.31. The van der Waals surface area contributed by atoms with E-state index in [9.17, 15) is 4.79 Å². The highest BCUT2D eigenvalue weighted by Gasteiger charge is 2.15. The molecule has 0 saturated carbocycles. The van der Waals surface area contributed by atoms with Crippen molar-refractivity contribution >= 4 is 29.9 Å². The lowest BCUT2D eigenvalue weighted by molar-refractivity contribution is -0.130. The van der Waals surface area contributed by atoms with Crippen molar-refractivity contribution in [1.82, 2.24) is 10.2 Å². The van der Waals surface area contributed by atoms with Crippen LogP contribution in [-0.4, -0.2) is 30.4 Å². The van der Waals surface area contributed by atoms with E-state index < -0.39 is 0 Å². The third-order valence-electron chi connectivity index (χ3n) is 3.50. The summed E-state index contributed by atoms with van der Waals surface area (Å²) < 4.78 is 0. The van der Waals surface area contributed by atoms with Gasteiger partial charge < -0.3 is 10.2 Å². The molecule has 0 spiro atoms. The number of nitrogens with zero attached hydrogens (tertiary/aromatic N) is 1. The minimum absolute atomic E-state index is 0. The topological polar surface area (TPSA) is 32.3 Å². The van der Waals surface area contributed by atoms with E-state index in [1.165, 1.54) is 6.42 Å². The van der Waals surface area contributed by atoms with Gasteiger partial charge in [-0.25, -0.2) is 0 Å². The van der Waals surface area contributed by atoms with E-state index in [4.69, 9.17) is 11.6 Å². The zero-order valence-electron chi connectivity index (χ0n) is 11.6. The Balaban J connectivity index is 0.00000200. The normalized spacial score (nSPS) is 15.7. The molecule has 1 aromatic carbocycles. The van der Waals surface area contributed by atoms with Crippen LogP contribution in [0.2, 0.25) is 5.02 Å². The maximum atomic E-state index is 11.8. The Labute approximate surface area is 132 Å². The van der Waals surface area contributed by atoms with Crippen molar-refractivity contribution in [1.29, 1.82) is 0 Å². The van der Waals surface area contributed by atoms with E-state index >= 15 is 0 Å². The molecular weight excluding hydrogens is 295 g/mol. The highest BCUT2D eigenvalue weighted by Crippen LogP contribution is 2.14. The van der Waals surface area contributed by atoms with Crippen molar-refractivity contribution in [2.24, 2.45) is 0 Å². The number of hydrogen-bond acceptors (Lipinski definition) is 2. The molecule has 112 valence electrons. The summed E-state index contributed by atoms with van der Waals surface area (Å²) in [6.07, 6.45) is 4.07. The molecule has 1 fully saturated rings. The Morgan fingerprint density at radius 3 is 2.80 bits per heavy atom. The second kappa shape index (κ2) is 9.22. The lowest BCUT2D eigenvalue weighted by atomic mass is 10.2. The summed E-state index contributed by atoms with van der Waals surface area (Å²) in [5.41, 5.74) is 1.10. The van der Waals surface area contributed by atoms with Crippen molar-refractivity contribution in [3.63, 3.8) is 0 Å².